The molecule has 0 saturated carbocycles. The quantitative estimate of drug-likeness (QED) is 0.800. The van der Waals surface area contributed by atoms with Gasteiger partial charge in [-0.15, -0.1) is 11.3 Å². The van der Waals surface area contributed by atoms with Crippen molar-refractivity contribution in [1.82, 2.24) is 19.7 Å². The van der Waals surface area contributed by atoms with Crippen molar-refractivity contribution in [1.29, 1.82) is 0 Å². The van der Waals surface area contributed by atoms with Gasteiger partial charge in [0.15, 0.2) is 5.75 Å². The Balaban J connectivity index is 2.09. The second-order valence-corrected chi connectivity index (χ2v) is 5.45. The third-order valence-corrected chi connectivity index (χ3v) is 4.05. The summed E-state index contributed by atoms with van der Waals surface area (Å²) < 4.78 is 7.54. The van der Waals surface area contributed by atoms with Crippen LogP contribution in [0.5, 0.6) is 11.6 Å². The molecule has 7 heteroatoms. The van der Waals surface area contributed by atoms with Crippen molar-refractivity contribution < 1.29 is 4.74 Å². The van der Waals surface area contributed by atoms with Crippen LogP contribution in [-0.2, 0) is 13.5 Å². The molecule has 3 aromatic heterocycles. The maximum absolute atomic E-state index is 5.85. The van der Waals surface area contributed by atoms with E-state index in [1.807, 2.05) is 7.05 Å². The van der Waals surface area contributed by atoms with E-state index in [0.717, 1.165) is 16.6 Å². The number of hydrogen-bond acceptors (Lipinski definition) is 6. The van der Waals surface area contributed by atoms with E-state index in [-0.39, 0.29) is 0 Å². The van der Waals surface area contributed by atoms with E-state index in [1.54, 1.807) is 35.5 Å². The van der Waals surface area contributed by atoms with Gasteiger partial charge in [0.05, 0.1) is 17.8 Å². The van der Waals surface area contributed by atoms with Crippen LogP contribution in [0.2, 0.25) is 0 Å². The molecule has 0 atom stereocenters. The monoisotopic (exact) mass is 289 g/mol. The highest BCUT2D eigenvalue weighted by Gasteiger charge is 2.13. The summed E-state index contributed by atoms with van der Waals surface area (Å²) >= 11 is 1.66. The summed E-state index contributed by atoms with van der Waals surface area (Å²) in [5.41, 5.74) is 0. The molecule has 0 saturated heterocycles. The van der Waals surface area contributed by atoms with Crippen LogP contribution in [0.3, 0.4) is 0 Å². The van der Waals surface area contributed by atoms with E-state index in [2.05, 4.69) is 33.4 Å². The number of fused-ring (bicyclic) bond motifs is 1. The van der Waals surface area contributed by atoms with Crippen LogP contribution in [0.25, 0.3) is 10.2 Å². The van der Waals surface area contributed by atoms with Crippen LogP contribution < -0.4 is 10.1 Å². The van der Waals surface area contributed by atoms with E-state index in [0.29, 0.717) is 17.6 Å². The summed E-state index contributed by atoms with van der Waals surface area (Å²) in [5, 5.41) is 7.99. The molecule has 3 aromatic rings. The van der Waals surface area contributed by atoms with Gasteiger partial charge in [-0.05, 0) is 12.5 Å². The minimum Gasteiger partial charge on any atom is -0.435 e. The topological polar surface area (TPSA) is 64.9 Å². The van der Waals surface area contributed by atoms with Crippen molar-refractivity contribution in [3.8, 4) is 11.6 Å². The summed E-state index contributed by atoms with van der Waals surface area (Å²) in [6.07, 6.45) is 4.45. The lowest BCUT2D eigenvalue weighted by atomic mass is 10.3. The molecule has 20 heavy (non-hydrogen) atoms. The maximum atomic E-state index is 5.85. The Morgan fingerprint density at radius 2 is 2.25 bits per heavy atom. The summed E-state index contributed by atoms with van der Waals surface area (Å²) in [7, 11) is 3.64. The molecule has 3 rings (SSSR count). The van der Waals surface area contributed by atoms with E-state index in [9.17, 15) is 0 Å². The van der Waals surface area contributed by atoms with Crippen molar-refractivity contribution in [2.75, 3.05) is 12.4 Å². The Bertz CT molecular complexity index is 748. The lowest BCUT2D eigenvalue weighted by molar-refractivity contribution is 0.468. The minimum absolute atomic E-state index is 0.556. The highest BCUT2D eigenvalue weighted by molar-refractivity contribution is 7.18. The fourth-order valence-corrected chi connectivity index (χ4v) is 2.83. The first-order valence-corrected chi connectivity index (χ1v) is 7.16. The average molecular weight is 289 g/mol. The molecular formula is C13H15N5OS. The largest absolute Gasteiger partial charge is 0.435 e. The molecule has 0 unspecified atom stereocenters. The van der Waals surface area contributed by atoms with Crippen LogP contribution in [0.4, 0.5) is 5.95 Å². The Morgan fingerprint density at radius 1 is 1.40 bits per heavy atom. The second-order valence-electron chi connectivity index (χ2n) is 4.34. The summed E-state index contributed by atoms with van der Waals surface area (Å²) in [5.74, 6) is 1.78. The molecule has 0 fully saturated rings. The number of hydrogen-bond donors (Lipinski definition) is 1. The van der Waals surface area contributed by atoms with Gasteiger partial charge >= 0.3 is 0 Å². The number of nitrogens with one attached hydrogen (secondary N) is 1. The number of aromatic nitrogens is 4. The van der Waals surface area contributed by atoms with E-state index >= 15 is 0 Å². The zero-order chi connectivity index (χ0) is 14.1. The van der Waals surface area contributed by atoms with Gasteiger partial charge in [0.2, 0.25) is 11.8 Å². The standard InChI is InChI=1S/C13H15N5OS/c1-4-9-5-10-11(19-8-6-15-18(3)7-8)16-13(14-2)17-12(10)20-9/h5-7H,4H2,1-3H3,(H,14,16,17). The van der Waals surface area contributed by atoms with Crippen molar-refractivity contribution in [3.05, 3.63) is 23.3 Å². The zero-order valence-electron chi connectivity index (χ0n) is 11.5. The van der Waals surface area contributed by atoms with Crippen LogP contribution in [-0.4, -0.2) is 26.8 Å². The molecular weight excluding hydrogens is 274 g/mol. The van der Waals surface area contributed by atoms with E-state index in [4.69, 9.17) is 4.74 Å². The Kier molecular flexibility index (Phi) is 3.27. The third-order valence-electron chi connectivity index (χ3n) is 2.88. The predicted molar refractivity (Wildman–Crippen MR) is 79.6 cm³/mol. The molecule has 104 valence electrons. The van der Waals surface area contributed by atoms with Gasteiger partial charge in [0.25, 0.3) is 0 Å². The Hall–Kier alpha value is -2.15. The number of nitrogens with zero attached hydrogens (tertiary/aromatic N) is 4. The third kappa shape index (κ3) is 2.32. The molecule has 3 heterocycles. The van der Waals surface area contributed by atoms with Gasteiger partial charge in [-0.1, -0.05) is 6.92 Å². The first-order valence-electron chi connectivity index (χ1n) is 6.34. The highest BCUT2D eigenvalue weighted by Crippen LogP contribution is 2.33. The van der Waals surface area contributed by atoms with Crippen molar-refractivity contribution >= 4 is 27.5 Å². The van der Waals surface area contributed by atoms with E-state index in [1.165, 1.54) is 4.88 Å². The fraction of sp³-hybridized carbons (Fsp3) is 0.308. The number of anilines is 1. The zero-order valence-corrected chi connectivity index (χ0v) is 12.4. The molecule has 0 radical (unpaired) electrons. The minimum atomic E-state index is 0.556. The molecule has 0 aromatic carbocycles. The molecule has 0 aliphatic rings. The first-order chi connectivity index (χ1) is 9.69. The second kappa shape index (κ2) is 5.09. The molecule has 0 aliphatic heterocycles. The lowest BCUT2D eigenvalue weighted by Crippen LogP contribution is -1.98. The molecule has 0 aliphatic carbocycles. The fourth-order valence-electron chi connectivity index (χ4n) is 1.87. The summed E-state index contributed by atoms with van der Waals surface area (Å²) in [6.45, 7) is 2.12. The van der Waals surface area contributed by atoms with Crippen LogP contribution >= 0.6 is 11.3 Å². The predicted octanol–water partition coefficient (Wildman–Crippen LogP) is 2.82. The Labute approximate surface area is 120 Å². The number of thiophene rings is 1. The number of ether oxygens (including phenoxy) is 1. The smallest absolute Gasteiger partial charge is 0.233 e. The molecule has 6 nitrogen and oxygen atoms in total. The molecule has 0 spiro atoms. The van der Waals surface area contributed by atoms with Crippen LogP contribution in [0, 0.1) is 0 Å². The van der Waals surface area contributed by atoms with Gasteiger partial charge in [0, 0.05) is 19.0 Å². The Morgan fingerprint density at radius 3 is 2.90 bits per heavy atom. The summed E-state index contributed by atoms with van der Waals surface area (Å²) in [4.78, 5) is 11.1. The lowest BCUT2D eigenvalue weighted by Gasteiger charge is -2.05. The van der Waals surface area contributed by atoms with Crippen LogP contribution in [0.1, 0.15) is 11.8 Å². The highest BCUT2D eigenvalue weighted by atomic mass is 32.1. The SMILES string of the molecule is CCc1cc2c(Oc3cnn(C)c3)nc(NC)nc2s1. The van der Waals surface area contributed by atoms with Gasteiger partial charge in [-0.25, -0.2) is 4.98 Å². The van der Waals surface area contributed by atoms with Crippen LogP contribution in [0.15, 0.2) is 18.5 Å². The normalized spacial score (nSPS) is 10.9. The summed E-state index contributed by atoms with van der Waals surface area (Å²) in [6, 6.07) is 2.09. The first kappa shape index (κ1) is 12.9. The van der Waals surface area contributed by atoms with Gasteiger partial charge in [-0.3, -0.25) is 4.68 Å². The van der Waals surface area contributed by atoms with Gasteiger partial charge < -0.3 is 10.1 Å². The van der Waals surface area contributed by atoms with E-state index < -0.39 is 0 Å². The maximum Gasteiger partial charge on any atom is 0.233 e. The van der Waals surface area contributed by atoms with Crippen molar-refractivity contribution in [2.45, 2.75) is 13.3 Å². The van der Waals surface area contributed by atoms with Crippen molar-refractivity contribution in [2.24, 2.45) is 7.05 Å². The van der Waals surface area contributed by atoms with Gasteiger partial charge in [-0.2, -0.15) is 10.1 Å². The number of aryl methyl sites for hydroxylation is 2. The molecule has 0 bridgehead atoms. The average Bonchev–Trinajstić information content (AvgIpc) is 3.04. The van der Waals surface area contributed by atoms with Crippen molar-refractivity contribution in [3.63, 3.8) is 0 Å². The number of rotatable bonds is 4. The molecule has 0 amide bonds. The van der Waals surface area contributed by atoms with Gasteiger partial charge in [0.1, 0.15) is 4.83 Å². The molecule has 1 N–H and O–H groups in total.